The molecule has 0 saturated carbocycles. The summed E-state index contributed by atoms with van der Waals surface area (Å²) in [6.07, 6.45) is 0.137. The Balaban J connectivity index is 4.01. The minimum atomic E-state index is -0.950. The molecule has 0 fully saturated rings. The first-order valence-corrected chi connectivity index (χ1v) is 6.36. The molecule has 110 valence electrons. The van der Waals surface area contributed by atoms with Crippen molar-refractivity contribution in [1.82, 2.24) is 10.6 Å². The van der Waals surface area contributed by atoms with Gasteiger partial charge in [0.2, 0.25) is 11.8 Å². The van der Waals surface area contributed by atoms with E-state index in [4.69, 9.17) is 5.11 Å². The second-order valence-electron chi connectivity index (χ2n) is 5.74. The topological polar surface area (TPSA) is 95.5 Å². The summed E-state index contributed by atoms with van der Waals surface area (Å²) in [6, 6.07) is -0.441. The lowest BCUT2D eigenvalue weighted by molar-refractivity contribution is -0.142. The van der Waals surface area contributed by atoms with Crippen LogP contribution in [0.25, 0.3) is 0 Å². The van der Waals surface area contributed by atoms with E-state index in [2.05, 4.69) is 10.6 Å². The van der Waals surface area contributed by atoms with Crippen molar-refractivity contribution in [3.63, 3.8) is 0 Å². The predicted molar refractivity (Wildman–Crippen MR) is 71.5 cm³/mol. The van der Waals surface area contributed by atoms with Crippen LogP contribution in [0.2, 0.25) is 0 Å². The van der Waals surface area contributed by atoms with E-state index >= 15 is 0 Å². The summed E-state index contributed by atoms with van der Waals surface area (Å²) in [4.78, 5) is 33.8. The Morgan fingerprint density at radius 2 is 1.68 bits per heavy atom. The van der Waals surface area contributed by atoms with E-state index in [9.17, 15) is 14.4 Å². The number of rotatable bonds is 6. The lowest BCUT2D eigenvalue weighted by atomic mass is 9.96. The van der Waals surface area contributed by atoms with Crippen LogP contribution in [-0.4, -0.2) is 35.5 Å². The maximum absolute atomic E-state index is 11.6. The van der Waals surface area contributed by atoms with E-state index < -0.39 is 23.3 Å². The van der Waals surface area contributed by atoms with Gasteiger partial charge in [-0.1, -0.05) is 20.8 Å². The fourth-order valence-corrected chi connectivity index (χ4v) is 1.22. The molecular formula is C13H24N2O4. The van der Waals surface area contributed by atoms with Gasteiger partial charge >= 0.3 is 5.97 Å². The average molecular weight is 272 g/mol. The van der Waals surface area contributed by atoms with E-state index in [0.29, 0.717) is 0 Å². The van der Waals surface area contributed by atoms with Gasteiger partial charge < -0.3 is 15.7 Å². The van der Waals surface area contributed by atoms with Crippen LogP contribution in [0.15, 0.2) is 0 Å². The Kier molecular flexibility index (Phi) is 6.52. The number of amides is 2. The lowest BCUT2D eigenvalue weighted by Crippen LogP contribution is -2.42. The molecule has 0 aromatic carbocycles. The van der Waals surface area contributed by atoms with Crippen LogP contribution in [0.1, 0.15) is 41.0 Å². The van der Waals surface area contributed by atoms with Crippen LogP contribution in [0, 0.1) is 11.3 Å². The number of carboxylic acids is 1. The molecule has 0 saturated heterocycles. The van der Waals surface area contributed by atoms with Gasteiger partial charge in [0, 0.05) is 24.4 Å². The highest BCUT2D eigenvalue weighted by Gasteiger charge is 2.22. The second kappa shape index (κ2) is 7.11. The minimum Gasteiger partial charge on any atom is -0.481 e. The van der Waals surface area contributed by atoms with Crippen molar-refractivity contribution in [3.05, 3.63) is 0 Å². The third-order valence-electron chi connectivity index (χ3n) is 2.85. The summed E-state index contributed by atoms with van der Waals surface area (Å²) < 4.78 is 0. The molecule has 6 heteroatoms. The molecule has 0 radical (unpaired) electrons. The fraction of sp³-hybridized carbons (Fsp3) is 0.769. The number of hydrogen-bond acceptors (Lipinski definition) is 3. The highest BCUT2D eigenvalue weighted by molar-refractivity contribution is 5.82. The van der Waals surface area contributed by atoms with Crippen LogP contribution in [0.5, 0.6) is 0 Å². The van der Waals surface area contributed by atoms with E-state index in [1.807, 2.05) is 0 Å². The van der Waals surface area contributed by atoms with E-state index in [-0.39, 0.29) is 24.8 Å². The van der Waals surface area contributed by atoms with Crippen molar-refractivity contribution in [1.29, 1.82) is 0 Å². The molecule has 2 amide bonds. The Morgan fingerprint density at radius 1 is 1.16 bits per heavy atom. The summed E-state index contributed by atoms with van der Waals surface area (Å²) >= 11 is 0. The van der Waals surface area contributed by atoms with Crippen LogP contribution in [0.4, 0.5) is 0 Å². The van der Waals surface area contributed by atoms with E-state index in [1.54, 1.807) is 27.7 Å². The monoisotopic (exact) mass is 272 g/mol. The summed E-state index contributed by atoms with van der Waals surface area (Å²) in [6.45, 7) is 8.80. The van der Waals surface area contributed by atoms with Gasteiger partial charge in [-0.15, -0.1) is 0 Å². The average Bonchev–Trinajstić information content (AvgIpc) is 2.26. The molecule has 3 N–H and O–H groups in total. The summed E-state index contributed by atoms with van der Waals surface area (Å²) in [5.41, 5.74) is -0.485. The zero-order chi connectivity index (χ0) is 15.2. The Bertz CT molecular complexity index is 347. The normalized spacial score (nSPS) is 14.4. The largest absolute Gasteiger partial charge is 0.481 e. The molecule has 0 rings (SSSR count). The number of carboxylic acid groups (broad SMARTS) is 1. The van der Waals surface area contributed by atoms with Crippen LogP contribution in [0.3, 0.4) is 0 Å². The molecule has 0 bridgehead atoms. The molecule has 0 aliphatic rings. The summed E-state index contributed by atoms with van der Waals surface area (Å²) in [5.74, 6) is -1.98. The molecule has 2 unspecified atom stereocenters. The number of hydrogen-bond donors (Lipinski definition) is 3. The third-order valence-corrected chi connectivity index (χ3v) is 2.85. The first-order chi connectivity index (χ1) is 8.55. The Morgan fingerprint density at radius 3 is 2.11 bits per heavy atom. The van der Waals surface area contributed by atoms with Crippen molar-refractivity contribution < 1.29 is 19.5 Å². The minimum absolute atomic E-state index is 0.118. The van der Waals surface area contributed by atoms with Crippen molar-refractivity contribution in [2.24, 2.45) is 11.3 Å². The molecule has 0 aromatic rings. The zero-order valence-corrected chi connectivity index (χ0v) is 12.2. The van der Waals surface area contributed by atoms with Gasteiger partial charge in [-0.2, -0.15) is 0 Å². The van der Waals surface area contributed by atoms with Crippen LogP contribution in [-0.2, 0) is 14.4 Å². The number of aliphatic carboxylic acids is 1. The van der Waals surface area contributed by atoms with Crippen molar-refractivity contribution in [2.45, 2.75) is 47.1 Å². The highest BCUT2D eigenvalue weighted by atomic mass is 16.4. The Labute approximate surface area is 113 Å². The van der Waals surface area contributed by atoms with Crippen LogP contribution >= 0.6 is 0 Å². The van der Waals surface area contributed by atoms with Gasteiger partial charge in [0.25, 0.3) is 0 Å². The first kappa shape index (κ1) is 17.4. The first-order valence-electron chi connectivity index (χ1n) is 6.36. The smallest absolute Gasteiger partial charge is 0.308 e. The van der Waals surface area contributed by atoms with E-state index in [0.717, 1.165) is 0 Å². The standard InChI is InChI=1S/C13H24N2O4/c1-8(11(17)18)9(2)15-10(16)6-7-14-12(19)13(3,4)5/h8-9H,6-7H2,1-5H3,(H,14,19)(H,15,16)(H,17,18). The van der Waals surface area contributed by atoms with Gasteiger partial charge in [0.15, 0.2) is 0 Å². The quantitative estimate of drug-likeness (QED) is 0.665. The van der Waals surface area contributed by atoms with Gasteiger partial charge in [0.1, 0.15) is 0 Å². The number of carbonyl (C=O) groups is 3. The molecular weight excluding hydrogens is 248 g/mol. The van der Waals surface area contributed by atoms with Gasteiger partial charge in [0.05, 0.1) is 5.92 Å². The molecule has 0 aliphatic heterocycles. The van der Waals surface area contributed by atoms with E-state index in [1.165, 1.54) is 6.92 Å². The predicted octanol–water partition coefficient (Wildman–Crippen LogP) is 0.764. The van der Waals surface area contributed by atoms with Gasteiger partial charge in [-0.05, 0) is 13.8 Å². The third kappa shape index (κ3) is 6.79. The summed E-state index contributed by atoms with van der Waals surface area (Å²) in [7, 11) is 0. The van der Waals surface area contributed by atoms with Gasteiger partial charge in [-0.3, -0.25) is 14.4 Å². The fourth-order valence-electron chi connectivity index (χ4n) is 1.22. The molecule has 19 heavy (non-hydrogen) atoms. The molecule has 0 spiro atoms. The van der Waals surface area contributed by atoms with Crippen molar-refractivity contribution in [3.8, 4) is 0 Å². The van der Waals surface area contributed by atoms with Crippen molar-refractivity contribution in [2.75, 3.05) is 6.54 Å². The lowest BCUT2D eigenvalue weighted by Gasteiger charge is -2.19. The SMILES string of the molecule is CC(NC(=O)CCNC(=O)C(C)(C)C)C(C)C(=O)O. The summed E-state index contributed by atoms with van der Waals surface area (Å²) in [5, 5.41) is 14.1. The Hall–Kier alpha value is -1.59. The number of carbonyl (C=O) groups excluding carboxylic acids is 2. The van der Waals surface area contributed by atoms with Gasteiger partial charge in [-0.25, -0.2) is 0 Å². The second-order valence-corrected chi connectivity index (χ2v) is 5.74. The van der Waals surface area contributed by atoms with Crippen LogP contribution < -0.4 is 10.6 Å². The molecule has 0 heterocycles. The van der Waals surface area contributed by atoms with Crippen molar-refractivity contribution >= 4 is 17.8 Å². The maximum atomic E-state index is 11.6. The molecule has 2 atom stereocenters. The molecule has 0 aliphatic carbocycles. The zero-order valence-electron chi connectivity index (χ0n) is 12.2. The highest BCUT2D eigenvalue weighted by Crippen LogP contribution is 2.12. The maximum Gasteiger partial charge on any atom is 0.308 e. The number of nitrogens with one attached hydrogen (secondary N) is 2. The molecule has 6 nitrogen and oxygen atoms in total. The molecule has 0 aromatic heterocycles.